The summed E-state index contributed by atoms with van der Waals surface area (Å²) in [7, 11) is 6.11. The first kappa shape index (κ1) is 17.2. The number of quaternary nitrogens is 1. The van der Waals surface area contributed by atoms with Crippen LogP contribution >= 0.6 is 0 Å². The summed E-state index contributed by atoms with van der Waals surface area (Å²) >= 11 is 0. The molecule has 1 unspecified atom stereocenters. The summed E-state index contributed by atoms with van der Waals surface area (Å²) in [5, 5.41) is 0.763. The first-order valence-electron chi connectivity index (χ1n) is 8.64. The molecule has 0 aliphatic carbocycles. The van der Waals surface area contributed by atoms with Gasteiger partial charge in [-0.1, -0.05) is 30.3 Å². The minimum Gasteiger partial charge on any atom is -0.378 e. The molecule has 0 saturated carbocycles. The van der Waals surface area contributed by atoms with Crippen molar-refractivity contribution in [2.24, 2.45) is 0 Å². The third kappa shape index (κ3) is 3.74. The van der Waals surface area contributed by atoms with Gasteiger partial charge < -0.3 is 14.8 Å². The molecular formula is C21H26N3O+. The van der Waals surface area contributed by atoms with E-state index >= 15 is 0 Å². The van der Waals surface area contributed by atoms with Gasteiger partial charge in [0, 0.05) is 41.9 Å². The van der Waals surface area contributed by atoms with Crippen molar-refractivity contribution in [3.63, 3.8) is 0 Å². The van der Waals surface area contributed by atoms with Gasteiger partial charge in [0.2, 0.25) is 0 Å². The van der Waals surface area contributed by atoms with Crippen LogP contribution in [0.5, 0.6) is 0 Å². The predicted molar refractivity (Wildman–Crippen MR) is 104 cm³/mol. The predicted octanol–water partition coefficient (Wildman–Crippen LogP) is 2.12. The highest BCUT2D eigenvalue weighted by atomic mass is 16.1. The number of benzene rings is 2. The maximum atomic E-state index is 13.1. The van der Waals surface area contributed by atoms with Crippen molar-refractivity contribution in [3.8, 4) is 0 Å². The second kappa shape index (κ2) is 7.11. The number of anilines is 1. The molecule has 0 amide bonds. The molecule has 0 spiro atoms. The smallest absolute Gasteiger partial charge is 0.198 e. The van der Waals surface area contributed by atoms with Crippen LogP contribution < -0.4 is 15.2 Å². The maximum Gasteiger partial charge on any atom is 0.198 e. The van der Waals surface area contributed by atoms with Crippen molar-refractivity contribution in [1.82, 2.24) is 4.98 Å². The molecule has 0 bridgehead atoms. The minimum atomic E-state index is 0.141. The highest BCUT2D eigenvalue weighted by molar-refractivity contribution is 5.83. The number of aromatic amines is 1. The summed E-state index contributed by atoms with van der Waals surface area (Å²) in [5.41, 5.74) is 5.20. The van der Waals surface area contributed by atoms with Gasteiger partial charge in [-0.2, -0.15) is 0 Å². The van der Waals surface area contributed by atoms with Gasteiger partial charge in [-0.05, 0) is 25.1 Å². The summed E-state index contributed by atoms with van der Waals surface area (Å²) in [4.78, 5) is 19.8. The molecule has 4 nitrogen and oxygen atoms in total. The Kier molecular flexibility index (Phi) is 4.91. The lowest BCUT2D eigenvalue weighted by Gasteiger charge is -2.17. The molecule has 3 rings (SSSR count). The van der Waals surface area contributed by atoms with Crippen molar-refractivity contribution in [3.05, 3.63) is 75.6 Å². The van der Waals surface area contributed by atoms with Crippen LogP contribution in [0.2, 0.25) is 0 Å². The van der Waals surface area contributed by atoms with Crippen LogP contribution in [0, 0.1) is 6.92 Å². The standard InChI is InChI=1S/C21H25N3O/c1-15-19(14-24(4)13-16-8-6-5-7-9-16)21(25)18-12-17(23(2)3)10-11-20(18)22-15/h5-12H,13-14H2,1-4H3,(H,22,25)/p+1. The summed E-state index contributed by atoms with van der Waals surface area (Å²) in [5.74, 6) is 0. The van der Waals surface area contributed by atoms with Crippen LogP contribution in [-0.4, -0.2) is 26.1 Å². The lowest BCUT2D eigenvalue weighted by molar-refractivity contribution is -0.907. The second-order valence-corrected chi connectivity index (χ2v) is 6.98. The Morgan fingerprint density at radius 3 is 2.44 bits per heavy atom. The molecule has 25 heavy (non-hydrogen) atoms. The van der Waals surface area contributed by atoms with Crippen molar-refractivity contribution < 1.29 is 4.90 Å². The highest BCUT2D eigenvalue weighted by Gasteiger charge is 2.15. The number of hydrogen-bond acceptors (Lipinski definition) is 2. The minimum absolute atomic E-state index is 0.141. The van der Waals surface area contributed by atoms with E-state index in [-0.39, 0.29) is 5.43 Å². The number of aromatic nitrogens is 1. The van der Waals surface area contributed by atoms with E-state index in [0.717, 1.165) is 34.4 Å². The van der Waals surface area contributed by atoms with Gasteiger partial charge in [-0.25, -0.2) is 0 Å². The van der Waals surface area contributed by atoms with Crippen LogP contribution in [0.1, 0.15) is 16.8 Å². The lowest BCUT2D eigenvalue weighted by atomic mass is 10.1. The van der Waals surface area contributed by atoms with Crippen molar-refractivity contribution in [2.45, 2.75) is 20.0 Å². The highest BCUT2D eigenvalue weighted by Crippen LogP contribution is 2.18. The topological polar surface area (TPSA) is 40.5 Å². The molecule has 2 aromatic carbocycles. The quantitative estimate of drug-likeness (QED) is 0.749. The average molecular weight is 336 g/mol. The van der Waals surface area contributed by atoms with Crippen LogP contribution in [0.3, 0.4) is 0 Å². The Bertz CT molecular complexity index is 929. The van der Waals surface area contributed by atoms with E-state index in [2.05, 4.69) is 36.3 Å². The number of pyridine rings is 1. The van der Waals surface area contributed by atoms with E-state index in [1.807, 2.05) is 50.2 Å². The van der Waals surface area contributed by atoms with Crippen LogP contribution in [0.25, 0.3) is 10.9 Å². The van der Waals surface area contributed by atoms with Gasteiger partial charge in [0.1, 0.15) is 13.1 Å². The number of fused-ring (bicyclic) bond motifs is 1. The van der Waals surface area contributed by atoms with E-state index < -0.39 is 0 Å². The third-order valence-corrected chi connectivity index (χ3v) is 4.64. The molecule has 2 N–H and O–H groups in total. The van der Waals surface area contributed by atoms with Gasteiger partial charge in [0.05, 0.1) is 12.6 Å². The molecule has 0 radical (unpaired) electrons. The molecule has 0 saturated heterocycles. The SMILES string of the molecule is Cc1[nH]c2ccc(N(C)C)cc2c(=O)c1C[NH+](C)Cc1ccccc1. The van der Waals surface area contributed by atoms with Crippen LogP contribution in [0.15, 0.2) is 53.3 Å². The Morgan fingerprint density at radius 1 is 1.04 bits per heavy atom. The zero-order valence-corrected chi connectivity index (χ0v) is 15.4. The Hall–Kier alpha value is -2.59. The zero-order chi connectivity index (χ0) is 18.0. The normalized spacial score (nSPS) is 12.3. The molecule has 4 heteroatoms. The first-order chi connectivity index (χ1) is 12.0. The summed E-state index contributed by atoms with van der Waals surface area (Å²) in [6.45, 7) is 3.60. The van der Waals surface area contributed by atoms with E-state index in [9.17, 15) is 4.79 Å². The Labute approximate surface area is 148 Å². The van der Waals surface area contributed by atoms with E-state index in [0.29, 0.717) is 6.54 Å². The van der Waals surface area contributed by atoms with Crippen LogP contribution in [0.4, 0.5) is 5.69 Å². The number of nitrogens with one attached hydrogen (secondary N) is 2. The Balaban J connectivity index is 1.94. The maximum absolute atomic E-state index is 13.1. The van der Waals surface area contributed by atoms with Crippen molar-refractivity contribution >= 4 is 16.6 Å². The number of aryl methyl sites for hydroxylation is 1. The molecule has 1 aromatic heterocycles. The van der Waals surface area contributed by atoms with Gasteiger partial charge in [0.15, 0.2) is 5.43 Å². The molecule has 0 aliphatic heterocycles. The van der Waals surface area contributed by atoms with Crippen molar-refractivity contribution in [1.29, 1.82) is 0 Å². The van der Waals surface area contributed by atoms with E-state index in [1.54, 1.807) is 0 Å². The average Bonchev–Trinajstić information content (AvgIpc) is 2.59. The van der Waals surface area contributed by atoms with Gasteiger partial charge in [0.25, 0.3) is 0 Å². The fourth-order valence-corrected chi connectivity index (χ4v) is 3.24. The number of rotatable bonds is 5. The molecule has 0 aliphatic rings. The fraction of sp³-hybridized carbons (Fsp3) is 0.286. The van der Waals surface area contributed by atoms with Gasteiger partial charge in [-0.3, -0.25) is 4.79 Å². The lowest BCUT2D eigenvalue weighted by Crippen LogP contribution is -3.06. The number of hydrogen-bond donors (Lipinski definition) is 2. The molecule has 1 atom stereocenters. The zero-order valence-electron chi connectivity index (χ0n) is 15.4. The number of nitrogens with zero attached hydrogens (tertiary/aromatic N) is 1. The largest absolute Gasteiger partial charge is 0.378 e. The number of H-pyrrole nitrogens is 1. The van der Waals surface area contributed by atoms with Gasteiger partial charge in [-0.15, -0.1) is 0 Å². The van der Waals surface area contributed by atoms with Crippen molar-refractivity contribution in [2.75, 3.05) is 26.0 Å². The second-order valence-electron chi connectivity index (χ2n) is 6.98. The third-order valence-electron chi connectivity index (χ3n) is 4.64. The van der Waals surface area contributed by atoms with Crippen LogP contribution in [-0.2, 0) is 13.1 Å². The monoisotopic (exact) mass is 336 g/mol. The Morgan fingerprint density at radius 2 is 1.76 bits per heavy atom. The van der Waals surface area contributed by atoms with E-state index in [1.165, 1.54) is 10.5 Å². The molecule has 130 valence electrons. The molecule has 3 aromatic rings. The first-order valence-corrected chi connectivity index (χ1v) is 8.64. The molecule has 1 heterocycles. The molecular weight excluding hydrogens is 310 g/mol. The van der Waals surface area contributed by atoms with Gasteiger partial charge >= 0.3 is 0 Å². The summed E-state index contributed by atoms with van der Waals surface area (Å²) in [6, 6.07) is 16.4. The molecule has 0 fully saturated rings. The fourth-order valence-electron chi connectivity index (χ4n) is 3.24. The van der Waals surface area contributed by atoms with E-state index in [4.69, 9.17) is 0 Å². The summed E-state index contributed by atoms with van der Waals surface area (Å²) < 4.78 is 0. The summed E-state index contributed by atoms with van der Waals surface area (Å²) in [6.07, 6.45) is 0.